The Balaban J connectivity index is 1.78. The summed E-state index contributed by atoms with van der Waals surface area (Å²) < 4.78 is 6.75. The first-order valence-electron chi connectivity index (χ1n) is 5.69. The molecule has 3 heteroatoms. The van der Waals surface area contributed by atoms with E-state index in [2.05, 4.69) is 35.2 Å². The van der Waals surface area contributed by atoms with Gasteiger partial charge in [-0.1, -0.05) is 18.2 Å². The van der Waals surface area contributed by atoms with Gasteiger partial charge in [-0.05, 0) is 17.5 Å². The van der Waals surface area contributed by atoms with Crippen molar-refractivity contribution in [3.63, 3.8) is 0 Å². The maximum atomic E-state index is 5.36. The molecule has 16 heavy (non-hydrogen) atoms. The lowest BCUT2D eigenvalue weighted by Crippen LogP contribution is -2.35. The summed E-state index contributed by atoms with van der Waals surface area (Å²) in [7, 11) is 0. The molecule has 0 radical (unpaired) electrons. The summed E-state index contributed by atoms with van der Waals surface area (Å²) in [6.07, 6.45) is 0. The molecule has 0 atom stereocenters. The van der Waals surface area contributed by atoms with Gasteiger partial charge in [0.2, 0.25) is 0 Å². The van der Waals surface area contributed by atoms with Crippen molar-refractivity contribution < 1.29 is 4.74 Å². The van der Waals surface area contributed by atoms with Crippen molar-refractivity contribution in [1.82, 2.24) is 4.90 Å². The van der Waals surface area contributed by atoms with Crippen LogP contribution >= 0.6 is 11.3 Å². The smallest absolute Gasteiger partial charge is 0.0594 e. The molecule has 1 aliphatic rings. The Morgan fingerprint density at radius 3 is 2.81 bits per heavy atom. The Labute approximate surface area is 99.4 Å². The third kappa shape index (κ3) is 2.12. The Bertz CT molecular complexity index is 440. The molecule has 84 valence electrons. The summed E-state index contributed by atoms with van der Waals surface area (Å²) in [6.45, 7) is 4.96. The standard InChI is InChI=1S/C13H15NOS/c1-2-4-13-11(3-1)9-12(16-13)10-14-5-7-15-8-6-14/h1-4,9H,5-8,10H2. The van der Waals surface area contributed by atoms with Crippen LogP contribution in [0.5, 0.6) is 0 Å². The van der Waals surface area contributed by atoms with E-state index >= 15 is 0 Å². The zero-order valence-electron chi connectivity index (χ0n) is 9.19. The molecule has 2 heterocycles. The summed E-state index contributed by atoms with van der Waals surface area (Å²) in [5, 5.41) is 1.37. The largest absolute Gasteiger partial charge is 0.379 e. The first-order chi connectivity index (χ1) is 7.92. The van der Waals surface area contributed by atoms with Crippen LogP contribution in [-0.4, -0.2) is 31.2 Å². The summed E-state index contributed by atoms with van der Waals surface area (Å²) >= 11 is 1.91. The Morgan fingerprint density at radius 1 is 1.19 bits per heavy atom. The van der Waals surface area contributed by atoms with Crippen LogP contribution in [0.4, 0.5) is 0 Å². The molecular formula is C13H15NOS. The number of rotatable bonds is 2. The first kappa shape index (κ1) is 10.3. The number of nitrogens with zero attached hydrogens (tertiary/aromatic N) is 1. The molecule has 0 unspecified atom stereocenters. The molecule has 2 aromatic rings. The van der Waals surface area contributed by atoms with Crippen LogP contribution in [0.3, 0.4) is 0 Å². The van der Waals surface area contributed by atoms with Crippen molar-refractivity contribution in [2.75, 3.05) is 26.3 Å². The lowest BCUT2D eigenvalue weighted by Gasteiger charge is -2.25. The topological polar surface area (TPSA) is 12.5 Å². The number of fused-ring (bicyclic) bond motifs is 1. The van der Waals surface area contributed by atoms with Gasteiger partial charge in [0.15, 0.2) is 0 Å². The number of hydrogen-bond donors (Lipinski definition) is 0. The molecule has 0 saturated carbocycles. The fourth-order valence-electron chi connectivity index (χ4n) is 2.09. The Kier molecular flexibility index (Phi) is 2.91. The number of thiophene rings is 1. The van der Waals surface area contributed by atoms with E-state index in [4.69, 9.17) is 4.74 Å². The van der Waals surface area contributed by atoms with Crippen molar-refractivity contribution in [2.24, 2.45) is 0 Å². The molecule has 2 nitrogen and oxygen atoms in total. The second kappa shape index (κ2) is 4.53. The SMILES string of the molecule is c1ccc2sc(CN3CCOCC3)cc2c1. The van der Waals surface area contributed by atoms with Crippen LogP contribution in [0.15, 0.2) is 30.3 Å². The van der Waals surface area contributed by atoms with Gasteiger partial charge in [-0.25, -0.2) is 0 Å². The molecule has 1 aromatic carbocycles. The first-order valence-corrected chi connectivity index (χ1v) is 6.51. The highest BCUT2D eigenvalue weighted by atomic mass is 32.1. The van der Waals surface area contributed by atoms with Crippen molar-refractivity contribution in [3.05, 3.63) is 35.2 Å². The van der Waals surface area contributed by atoms with Gasteiger partial charge in [-0.2, -0.15) is 0 Å². The minimum atomic E-state index is 0.880. The van der Waals surface area contributed by atoms with Gasteiger partial charge in [0.1, 0.15) is 0 Å². The van der Waals surface area contributed by atoms with Crippen molar-refractivity contribution in [2.45, 2.75) is 6.54 Å². The van der Waals surface area contributed by atoms with Gasteiger partial charge >= 0.3 is 0 Å². The lowest BCUT2D eigenvalue weighted by atomic mass is 10.2. The van der Waals surface area contributed by atoms with Gasteiger partial charge < -0.3 is 4.74 Å². The molecule has 1 saturated heterocycles. The molecular weight excluding hydrogens is 218 g/mol. The van der Waals surface area contributed by atoms with Crippen LogP contribution < -0.4 is 0 Å². The van der Waals surface area contributed by atoms with Crippen molar-refractivity contribution >= 4 is 21.4 Å². The van der Waals surface area contributed by atoms with Crippen LogP contribution in [0.2, 0.25) is 0 Å². The fourth-order valence-corrected chi connectivity index (χ4v) is 3.20. The monoisotopic (exact) mass is 233 g/mol. The molecule has 1 fully saturated rings. The van der Waals surface area contributed by atoms with Gasteiger partial charge in [0, 0.05) is 29.2 Å². The summed E-state index contributed by atoms with van der Waals surface area (Å²) in [5.74, 6) is 0. The molecule has 1 aliphatic heterocycles. The average Bonchev–Trinajstić information content (AvgIpc) is 2.72. The van der Waals surface area contributed by atoms with E-state index in [1.165, 1.54) is 15.0 Å². The van der Waals surface area contributed by atoms with E-state index in [9.17, 15) is 0 Å². The van der Waals surface area contributed by atoms with Crippen LogP contribution in [0, 0.1) is 0 Å². The number of hydrogen-bond acceptors (Lipinski definition) is 3. The zero-order valence-corrected chi connectivity index (χ0v) is 10.0. The molecule has 0 aliphatic carbocycles. The molecule has 0 bridgehead atoms. The predicted octanol–water partition coefficient (Wildman–Crippen LogP) is 2.73. The highest BCUT2D eigenvalue weighted by Crippen LogP contribution is 2.26. The summed E-state index contributed by atoms with van der Waals surface area (Å²) in [4.78, 5) is 3.93. The quantitative estimate of drug-likeness (QED) is 0.791. The van der Waals surface area contributed by atoms with Crippen molar-refractivity contribution in [1.29, 1.82) is 0 Å². The second-order valence-corrected chi connectivity index (χ2v) is 5.31. The molecule has 0 amide bonds. The molecule has 3 rings (SSSR count). The third-order valence-electron chi connectivity index (χ3n) is 2.96. The van der Waals surface area contributed by atoms with E-state index < -0.39 is 0 Å². The van der Waals surface area contributed by atoms with E-state index in [0.29, 0.717) is 0 Å². The molecule has 0 N–H and O–H groups in total. The predicted molar refractivity (Wildman–Crippen MR) is 67.9 cm³/mol. The second-order valence-electron chi connectivity index (χ2n) is 4.14. The highest BCUT2D eigenvalue weighted by Gasteiger charge is 2.11. The number of ether oxygens (including phenoxy) is 1. The minimum absolute atomic E-state index is 0.880. The van der Waals surface area contributed by atoms with E-state index in [1.54, 1.807) is 0 Å². The Hall–Kier alpha value is -0.900. The summed E-state index contributed by atoms with van der Waals surface area (Å²) in [6, 6.07) is 10.9. The number of benzene rings is 1. The van der Waals surface area contributed by atoms with Gasteiger partial charge in [-0.3, -0.25) is 4.90 Å². The van der Waals surface area contributed by atoms with Crippen LogP contribution in [-0.2, 0) is 11.3 Å². The normalized spacial score (nSPS) is 18.0. The fraction of sp³-hybridized carbons (Fsp3) is 0.385. The average molecular weight is 233 g/mol. The van der Waals surface area contributed by atoms with E-state index in [0.717, 1.165) is 32.8 Å². The van der Waals surface area contributed by atoms with Crippen molar-refractivity contribution in [3.8, 4) is 0 Å². The highest BCUT2D eigenvalue weighted by molar-refractivity contribution is 7.19. The molecule has 0 spiro atoms. The van der Waals surface area contributed by atoms with Gasteiger partial charge in [0.05, 0.1) is 13.2 Å². The van der Waals surface area contributed by atoms with Gasteiger partial charge in [0.25, 0.3) is 0 Å². The van der Waals surface area contributed by atoms with Gasteiger partial charge in [-0.15, -0.1) is 11.3 Å². The third-order valence-corrected chi connectivity index (χ3v) is 4.06. The zero-order chi connectivity index (χ0) is 10.8. The minimum Gasteiger partial charge on any atom is -0.379 e. The van der Waals surface area contributed by atoms with E-state index in [-0.39, 0.29) is 0 Å². The Morgan fingerprint density at radius 2 is 2.00 bits per heavy atom. The summed E-state index contributed by atoms with van der Waals surface area (Å²) in [5.41, 5.74) is 0. The van der Waals surface area contributed by atoms with Crippen LogP contribution in [0.25, 0.3) is 10.1 Å². The maximum Gasteiger partial charge on any atom is 0.0594 e. The molecule has 1 aromatic heterocycles. The van der Waals surface area contributed by atoms with E-state index in [1.807, 2.05) is 11.3 Å². The maximum absolute atomic E-state index is 5.36. The lowest BCUT2D eigenvalue weighted by molar-refractivity contribution is 0.0346. The number of morpholine rings is 1. The van der Waals surface area contributed by atoms with Crippen LogP contribution in [0.1, 0.15) is 4.88 Å².